The second-order valence-electron chi connectivity index (χ2n) is 14.6. The number of anilines is 6. The Labute approximate surface area is 408 Å². The van der Waals surface area contributed by atoms with E-state index in [0.29, 0.717) is 39.6 Å². The van der Waals surface area contributed by atoms with Gasteiger partial charge in [-0.1, -0.05) is 0 Å². The average molecular weight is 1060 g/mol. The molecule has 25 nitrogen and oxygen atoms in total. The van der Waals surface area contributed by atoms with Gasteiger partial charge in [-0.15, -0.1) is 10.2 Å². The summed E-state index contributed by atoms with van der Waals surface area (Å²) >= 11 is 6.24. The zero-order valence-electron chi connectivity index (χ0n) is 36.1. The van der Waals surface area contributed by atoms with Gasteiger partial charge in [0, 0.05) is 11.4 Å². The molecular weight excluding hydrogens is 1030 g/mol. The molecule has 71 heavy (non-hydrogen) atoms. The molecule has 0 radical (unpaired) electrons. The first kappa shape index (κ1) is 51.1. The van der Waals surface area contributed by atoms with Gasteiger partial charge in [-0.2, -0.15) is 69.1 Å². The van der Waals surface area contributed by atoms with E-state index < -0.39 is 50.3 Å². The van der Waals surface area contributed by atoms with Crippen LogP contribution in [0.15, 0.2) is 172 Å². The predicted octanol–water partition coefficient (Wildman–Crippen LogP) is 10.3. The molecule has 7 rings (SSSR count). The van der Waals surface area contributed by atoms with Crippen molar-refractivity contribution in [1.29, 1.82) is 0 Å². The van der Waals surface area contributed by atoms with E-state index in [-0.39, 0.29) is 55.4 Å². The Morgan fingerprint density at radius 2 is 0.789 bits per heavy atom. The Hall–Kier alpha value is -7.74. The molecule has 0 aliphatic rings. The number of rotatable bonds is 17. The average Bonchev–Trinajstić information content (AvgIpc) is 3.29. The van der Waals surface area contributed by atoms with Crippen molar-refractivity contribution >= 4 is 121 Å². The highest BCUT2D eigenvalue weighted by molar-refractivity contribution is 7.86. The van der Waals surface area contributed by atoms with Crippen LogP contribution in [0.5, 0.6) is 0 Å². The van der Waals surface area contributed by atoms with E-state index in [1.165, 1.54) is 48.5 Å². The summed E-state index contributed by atoms with van der Waals surface area (Å²) in [5.74, 6) is 0.102. The Kier molecular flexibility index (Phi) is 14.9. The van der Waals surface area contributed by atoms with Crippen LogP contribution in [-0.2, 0) is 40.5 Å². The minimum atomic E-state index is -4.82. The summed E-state index contributed by atoms with van der Waals surface area (Å²) in [5, 5.41) is 30.2. The first-order valence-electron chi connectivity index (χ1n) is 19.7. The summed E-state index contributed by atoms with van der Waals surface area (Å²) in [6.07, 6.45) is 0. The highest BCUT2D eigenvalue weighted by atomic mass is 35.5. The smallest absolute Gasteiger partial charge is 0.296 e. The van der Waals surface area contributed by atoms with E-state index in [2.05, 4.69) is 67.1 Å². The number of nitrogens with zero attached hydrogens (tertiary/aromatic N) is 9. The third kappa shape index (κ3) is 13.7. The maximum atomic E-state index is 12.3. The molecule has 0 aliphatic carbocycles. The Bertz CT molecular complexity index is 3760. The van der Waals surface area contributed by atoms with Gasteiger partial charge in [0.2, 0.25) is 17.2 Å². The first-order valence-corrected chi connectivity index (χ1v) is 25.8. The van der Waals surface area contributed by atoms with E-state index in [1.54, 1.807) is 50.2 Å². The molecule has 0 saturated heterocycles. The Morgan fingerprint density at radius 3 is 1.27 bits per heavy atom. The van der Waals surface area contributed by atoms with Crippen LogP contribution in [0.3, 0.4) is 0 Å². The zero-order chi connectivity index (χ0) is 51.3. The summed E-state index contributed by atoms with van der Waals surface area (Å²) < 4.78 is 133. The monoisotopic (exact) mass is 1060 g/mol. The molecule has 0 spiro atoms. The van der Waals surface area contributed by atoms with Crippen molar-refractivity contribution in [3.63, 3.8) is 0 Å². The molecule has 366 valence electrons. The summed E-state index contributed by atoms with van der Waals surface area (Å²) in [6.45, 7) is 3.42. The first-order chi connectivity index (χ1) is 33.4. The molecule has 30 heteroatoms. The van der Waals surface area contributed by atoms with Crippen molar-refractivity contribution in [2.24, 2.45) is 30.7 Å². The number of hydrogen-bond acceptors (Lipinski definition) is 21. The van der Waals surface area contributed by atoms with Crippen molar-refractivity contribution in [3.05, 3.63) is 138 Å². The Balaban J connectivity index is 0.998. The minimum absolute atomic E-state index is 0.00657. The van der Waals surface area contributed by atoms with Gasteiger partial charge in [0.15, 0.2) is 0 Å². The lowest BCUT2D eigenvalue weighted by atomic mass is 10.2. The molecule has 7 aromatic rings. The molecule has 0 unspecified atom stereocenters. The van der Waals surface area contributed by atoms with Gasteiger partial charge >= 0.3 is 0 Å². The lowest BCUT2D eigenvalue weighted by molar-refractivity contribution is 0.481. The van der Waals surface area contributed by atoms with E-state index in [1.807, 2.05) is 0 Å². The quantitative estimate of drug-likeness (QED) is 0.0239. The van der Waals surface area contributed by atoms with Crippen molar-refractivity contribution in [2.75, 3.05) is 21.5 Å². The number of benzene rings is 6. The van der Waals surface area contributed by atoms with Crippen LogP contribution in [0.25, 0.3) is 0 Å². The van der Waals surface area contributed by atoms with Crippen LogP contribution < -0.4 is 21.5 Å². The van der Waals surface area contributed by atoms with Crippen LogP contribution in [0, 0.1) is 13.8 Å². The molecule has 1 heterocycles. The molecule has 8 N–H and O–H groups in total. The summed E-state index contributed by atoms with van der Waals surface area (Å²) in [6, 6.07) is 27.0. The van der Waals surface area contributed by atoms with Gasteiger partial charge in [0.1, 0.15) is 21.2 Å². The maximum Gasteiger partial charge on any atom is 0.296 e. The molecule has 0 atom stereocenters. The topological polar surface area (TPSA) is 378 Å². The number of halogens is 1. The lowest BCUT2D eigenvalue weighted by Crippen LogP contribution is -2.10. The number of aryl methyl sites for hydroxylation is 2. The fourth-order valence-corrected chi connectivity index (χ4v) is 8.43. The normalized spacial score (nSPS) is 12.4. The fraction of sp³-hybridized carbons (Fsp3) is 0.0488. The van der Waals surface area contributed by atoms with Crippen LogP contribution in [-0.4, -0.2) is 66.8 Å². The third-order valence-corrected chi connectivity index (χ3v) is 13.1. The second-order valence-corrected chi connectivity index (χ2v) is 20.6. The highest BCUT2D eigenvalue weighted by Crippen LogP contribution is 2.34. The van der Waals surface area contributed by atoms with Gasteiger partial charge < -0.3 is 21.5 Å². The number of nitrogens with one attached hydrogen (secondary N) is 4. The van der Waals surface area contributed by atoms with E-state index in [9.17, 15) is 42.8 Å². The molecule has 0 aliphatic heterocycles. The van der Waals surface area contributed by atoms with Crippen molar-refractivity contribution in [2.45, 2.75) is 33.4 Å². The van der Waals surface area contributed by atoms with Crippen LogP contribution >= 0.6 is 11.6 Å². The predicted molar refractivity (Wildman–Crippen MR) is 259 cm³/mol. The van der Waals surface area contributed by atoms with Gasteiger partial charge in [-0.3, -0.25) is 18.2 Å². The number of azo groups is 3. The molecule has 0 fully saturated rings. The maximum absolute atomic E-state index is 12.3. The Morgan fingerprint density at radius 1 is 0.408 bits per heavy atom. The largest absolute Gasteiger partial charge is 0.324 e. The molecule has 0 saturated carbocycles. The highest BCUT2D eigenvalue weighted by Gasteiger charge is 2.19. The van der Waals surface area contributed by atoms with Crippen LogP contribution in [0.4, 0.5) is 68.8 Å². The molecule has 1 aromatic heterocycles. The molecule has 6 aromatic carbocycles. The van der Waals surface area contributed by atoms with E-state index in [4.69, 9.17) is 20.7 Å². The summed E-state index contributed by atoms with van der Waals surface area (Å²) in [4.78, 5) is 10.8. The molecule has 0 amide bonds. The van der Waals surface area contributed by atoms with Gasteiger partial charge in [0.25, 0.3) is 40.5 Å². The zero-order valence-corrected chi connectivity index (χ0v) is 40.2. The molecule has 0 bridgehead atoms. The van der Waals surface area contributed by atoms with Gasteiger partial charge in [-0.25, -0.2) is 0 Å². The molecular formula is C41H34ClN13O12S4. The van der Waals surface area contributed by atoms with Crippen LogP contribution in [0.2, 0.25) is 5.28 Å². The SMILES string of the molecule is Cc1cc(Nc2nc(Cl)nc(Nc3ccc(/N=N/c4ccc(NNc5ccc(S(=O)(=O)O)cc5)cc4S(=O)(=O)O)c(C)c3)n2)ccc1N=Nc1ccc(N=Nc2ccc(S(=O)(=O)O)cc2)cc1S(=O)(=O)O. The summed E-state index contributed by atoms with van der Waals surface area (Å²) in [5.41, 5.74) is 8.63. The van der Waals surface area contributed by atoms with E-state index >= 15 is 0 Å². The van der Waals surface area contributed by atoms with Crippen LogP contribution in [0.1, 0.15) is 11.1 Å². The number of hydrazine groups is 1. The van der Waals surface area contributed by atoms with Crippen molar-refractivity contribution < 1.29 is 51.9 Å². The lowest BCUT2D eigenvalue weighted by Gasteiger charge is -2.12. The number of aromatic nitrogens is 3. The van der Waals surface area contributed by atoms with E-state index in [0.717, 1.165) is 36.4 Å². The minimum Gasteiger partial charge on any atom is -0.324 e. The number of hydrogen-bond donors (Lipinski definition) is 8. The van der Waals surface area contributed by atoms with Crippen molar-refractivity contribution in [1.82, 2.24) is 15.0 Å². The van der Waals surface area contributed by atoms with Gasteiger partial charge in [0.05, 0.1) is 43.9 Å². The second kappa shape index (κ2) is 20.7. The fourth-order valence-electron chi connectivity index (χ4n) is 6.02. The standard InChI is InChI=1S/C41H34ClN13O12S4/c1-23-19-27(7-15-33(23)52-54-35-17-9-29(21-37(35)70(62,63)64)50-48-25-3-11-31(12-4-25)68(56,57)58)43-40-45-39(42)46-41(47-40)44-28-8-16-34(24(2)20-28)53-55-36-18-10-30(22-38(36)71(65,66)67)51-49-26-5-13-32(14-6-26)69(59,60)61/h3-22,48,50H,1-2H3,(H,56,57,58)(H,59,60,61)(H,62,63,64)(H,65,66,67)(H2,43,44,45,46,47)/b51-49?,54-52+,55-53?. The van der Waals surface area contributed by atoms with Gasteiger partial charge in [-0.05, 0) is 158 Å². The third-order valence-electron chi connectivity index (χ3n) is 9.42. The summed E-state index contributed by atoms with van der Waals surface area (Å²) in [7, 11) is -18.4. The van der Waals surface area contributed by atoms with Crippen molar-refractivity contribution in [3.8, 4) is 0 Å².